The highest BCUT2D eigenvalue weighted by molar-refractivity contribution is 5.63. The van der Waals surface area contributed by atoms with E-state index >= 15 is 0 Å². The van der Waals surface area contributed by atoms with Crippen LogP contribution >= 0.6 is 0 Å². The van der Waals surface area contributed by atoms with Crippen LogP contribution in [-0.4, -0.2) is 34.5 Å². The van der Waals surface area contributed by atoms with Gasteiger partial charge in [-0.3, -0.25) is 5.10 Å². The standard InChI is InChI=1S/C10H18N4O/c11-10-9(7-12-13-10)14-5-1-3-8(14)4-2-6-15/h7-8,15H,1-6H2,(H3,11,12,13). The number of H-pyrrole nitrogens is 1. The second kappa shape index (κ2) is 4.53. The van der Waals surface area contributed by atoms with Gasteiger partial charge in [-0.25, -0.2) is 0 Å². The van der Waals surface area contributed by atoms with Crippen LogP contribution in [0.2, 0.25) is 0 Å². The van der Waals surface area contributed by atoms with Gasteiger partial charge in [0.25, 0.3) is 0 Å². The molecule has 1 atom stereocenters. The summed E-state index contributed by atoms with van der Waals surface area (Å²) in [6, 6.07) is 0.511. The van der Waals surface area contributed by atoms with Gasteiger partial charge in [0.2, 0.25) is 0 Å². The van der Waals surface area contributed by atoms with Crippen LogP contribution in [0.1, 0.15) is 25.7 Å². The van der Waals surface area contributed by atoms with Crippen molar-refractivity contribution in [3.05, 3.63) is 6.20 Å². The third-order valence-electron chi connectivity index (χ3n) is 3.03. The highest BCUT2D eigenvalue weighted by Crippen LogP contribution is 2.30. The quantitative estimate of drug-likeness (QED) is 0.684. The van der Waals surface area contributed by atoms with E-state index in [1.165, 1.54) is 12.8 Å². The fraction of sp³-hybridized carbons (Fsp3) is 0.700. The zero-order valence-electron chi connectivity index (χ0n) is 8.82. The fourth-order valence-corrected chi connectivity index (χ4v) is 2.30. The third-order valence-corrected chi connectivity index (χ3v) is 3.03. The molecule has 4 N–H and O–H groups in total. The summed E-state index contributed by atoms with van der Waals surface area (Å²) in [6.07, 6.45) is 6.05. The molecule has 84 valence electrons. The number of rotatable bonds is 4. The van der Waals surface area contributed by atoms with E-state index in [4.69, 9.17) is 10.8 Å². The number of aromatic amines is 1. The predicted octanol–water partition coefficient (Wildman–Crippen LogP) is 0.733. The highest BCUT2D eigenvalue weighted by Gasteiger charge is 2.26. The number of nitrogens with two attached hydrogens (primary N) is 1. The first kappa shape index (κ1) is 10.3. The summed E-state index contributed by atoms with van der Waals surface area (Å²) in [5, 5.41) is 15.5. The van der Waals surface area contributed by atoms with Gasteiger partial charge in [0.15, 0.2) is 0 Å². The molecule has 2 heterocycles. The largest absolute Gasteiger partial charge is 0.396 e. The lowest BCUT2D eigenvalue weighted by atomic mass is 10.1. The van der Waals surface area contributed by atoms with Crippen LogP contribution in [0.3, 0.4) is 0 Å². The Labute approximate surface area is 89.3 Å². The van der Waals surface area contributed by atoms with Crippen molar-refractivity contribution in [2.45, 2.75) is 31.7 Å². The molecule has 0 bridgehead atoms. The third kappa shape index (κ3) is 2.07. The van der Waals surface area contributed by atoms with Gasteiger partial charge < -0.3 is 15.7 Å². The Hall–Kier alpha value is -1.23. The molecule has 1 saturated heterocycles. The Bertz CT molecular complexity index is 312. The SMILES string of the molecule is Nc1[nH]ncc1N1CCCC1CCCO. The molecular formula is C10H18N4O. The number of hydrogen-bond acceptors (Lipinski definition) is 4. The van der Waals surface area contributed by atoms with Crippen molar-refractivity contribution in [3.63, 3.8) is 0 Å². The van der Waals surface area contributed by atoms with Crippen LogP contribution in [0, 0.1) is 0 Å². The minimum atomic E-state index is 0.269. The molecule has 1 aliphatic heterocycles. The average Bonchev–Trinajstić information content (AvgIpc) is 2.82. The molecule has 5 heteroatoms. The molecule has 1 aliphatic rings. The lowest BCUT2D eigenvalue weighted by molar-refractivity contribution is 0.279. The molecule has 1 unspecified atom stereocenters. The second-order valence-corrected chi connectivity index (χ2v) is 4.02. The van der Waals surface area contributed by atoms with Crippen LogP contribution in [0.5, 0.6) is 0 Å². The Morgan fingerprint density at radius 3 is 3.20 bits per heavy atom. The minimum Gasteiger partial charge on any atom is -0.396 e. The van der Waals surface area contributed by atoms with Crippen LogP contribution in [-0.2, 0) is 0 Å². The molecule has 1 fully saturated rings. The van der Waals surface area contributed by atoms with Crippen molar-refractivity contribution >= 4 is 11.5 Å². The summed E-state index contributed by atoms with van der Waals surface area (Å²) >= 11 is 0. The van der Waals surface area contributed by atoms with Gasteiger partial charge in [0.05, 0.1) is 11.9 Å². The van der Waals surface area contributed by atoms with Crippen molar-refractivity contribution in [1.29, 1.82) is 0 Å². The van der Waals surface area contributed by atoms with Crippen LogP contribution in [0.4, 0.5) is 11.5 Å². The number of anilines is 2. The maximum absolute atomic E-state index is 8.84. The molecule has 0 aromatic carbocycles. The molecule has 0 saturated carbocycles. The second-order valence-electron chi connectivity index (χ2n) is 4.02. The molecule has 0 radical (unpaired) electrons. The summed E-state index contributed by atoms with van der Waals surface area (Å²) in [4.78, 5) is 2.30. The van der Waals surface area contributed by atoms with Crippen LogP contribution in [0.25, 0.3) is 0 Å². The molecule has 5 nitrogen and oxygen atoms in total. The first-order chi connectivity index (χ1) is 7.33. The smallest absolute Gasteiger partial charge is 0.142 e. The van der Waals surface area contributed by atoms with E-state index in [2.05, 4.69) is 15.1 Å². The maximum Gasteiger partial charge on any atom is 0.142 e. The molecule has 15 heavy (non-hydrogen) atoms. The number of nitrogens with zero attached hydrogens (tertiary/aromatic N) is 2. The summed E-state index contributed by atoms with van der Waals surface area (Å²) in [5.41, 5.74) is 6.81. The minimum absolute atomic E-state index is 0.269. The van der Waals surface area contributed by atoms with Gasteiger partial charge in [-0.1, -0.05) is 0 Å². The summed E-state index contributed by atoms with van der Waals surface area (Å²) in [5.74, 6) is 0.644. The van der Waals surface area contributed by atoms with Crippen molar-refractivity contribution in [2.24, 2.45) is 0 Å². The molecule has 2 rings (SSSR count). The summed E-state index contributed by atoms with van der Waals surface area (Å²) in [6.45, 7) is 1.31. The van der Waals surface area contributed by atoms with Gasteiger partial charge in [-0.15, -0.1) is 0 Å². The Kier molecular flexibility index (Phi) is 3.11. The average molecular weight is 210 g/mol. The number of nitrogens with one attached hydrogen (secondary N) is 1. The number of aliphatic hydroxyl groups excluding tert-OH is 1. The maximum atomic E-state index is 8.84. The van der Waals surface area contributed by atoms with Crippen molar-refractivity contribution in [1.82, 2.24) is 10.2 Å². The zero-order chi connectivity index (χ0) is 10.7. The van der Waals surface area contributed by atoms with E-state index in [9.17, 15) is 0 Å². The lowest BCUT2D eigenvalue weighted by Crippen LogP contribution is -2.29. The molecule has 1 aromatic heterocycles. The molecule has 1 aromatic rings. The van der Waals surface area contributed by atoms with E-state index in [1.54, 1.807) is 6.20 Å². The Morgan fingerprint density at radius 2 is 2.53 bits per heavy atom. The van der Waals surface area contributed by atoms with E-state index in [1.807, 2.05) is 0 Å². The number of nitrogen functional groups attached to an aromatic ring is 1. The van der Waals surface area contributed by atoms with Crippen molar-refractivity contribution < 1.29 is 5.11 Å². The van der Waals surface area contributed by atoms with Crippen molar-refractivity contribution in [2.75, 3.05) is 23.8 Å². The lowest BCUT2D eigenvalue weighted by Gasteiger charge is -2.25. The molecule has 0 amide bonds. The topological polar surface area (TPSA) is 78.2 Å². The van der Waals surface area contributed by atoms with Crippen LogP contribution < -0.4 is 10.6 Å². The first-order valence-electron chi connectivity index (χ1n) is 5.49. The van der Waals surface area contributed by atoms with Gasteiger partial charge in [0.1, 0.15) is 5.82 Å². The fourth-order valence-electron chi connectivity index (χ4n) is 2.30. The highest BCUT2D eigenvalue weighted by atomic mass is 16.2. The zero-order valence-corrected chi connectivity index (χ0v) is 8.82. The normalized spacial score (nSPS) is 21.1. The Balaban J connectivity index is 2.04. The van der Waals surface area contributed by atoms with Crippen LogP contribution in [0.15, 0.2) is 6.20 Å². The van der Waals surface area contributed by atoms with E-state index in [-0.39, 0.29) is 6.61 Å². The summed E-state index contributed by atoms with van der Waals surface area (Å²) < 4.78 is 0. The number of aliphatic hydroxyl groups is 1. The summed E-state index contributed by atoms with van der Waals surface area (Å²) in [7, 11) is 0. The molecular weight excluding hydrogens is 192 g/mol. The van der Waals surface area contributed by atoms with Gasteiger partial charge >= 0.3 is 0 Å². The number of aromatic nitrogens is 2. The Morgan fingerprint density at radius 1 is 1.67 bits per heavy atom. The van der Waals surface area contributed by atoms with E-state index in [0.29, 0.717) is 11.9 Å². The van der Waals surface area contributed by atoms with E-state index < -0.39 is 0 Å². The number of hydrogen-bond donors (Lipinski definition) is 3. The van der Waals surface area contributed by atoms with Crippen molar-refractivity contribution in [3.8, 4) is 0 Å². The monoisotopic (exact) mass is 210 g/mol. The van der Waals surface area contributed by atoms with E-state index in [0.717, 1.165) is 25.1 Å². The van der Waals surface area contributed by atoms with Gasteiger partial charge in [-0.05, 0) is 25.7 Å². The predicted molar refractivity (Wildman–Crippen MR) is 59.7 cm³/mol. The van der Waals surface area contributed by atoms with Gasteiger partial charge in [0, 0.05) is 19.2 Å². The molecule has 0 aliphatic carbocycles. The van der Waals surface area contributed by atoms with Gasteiger partial charge in [-0.2, -0.15) is 5.10 Å². The molecule has 0 spiro atoms. The first-order valence-corrected chi connectivity index (χ1v) is 5.49.